The topological polar surface area (TPSA) is 51.0 Å². The van der Waals surface area contributed by atoms with Crippen molar-refractivity contribution in [2.75, 3.05) is 11.9 Å². The first-order valence-electron chi connectivity index (χ1n) is 7.13. The summed E-state index contributed by atoms with van der Waals surface area (Å²) >= 11 is 0. The summed E-state index contributed by atoms with van der Waals surface area (Å²) in [5.41, 5.74) is 1.34. The standard InChI is InChI=1S/C16H23N3O/c1-16(2,3)12-14-18-15(20-19-14)10-7-11-17-13-8-5-4-6-9-13/h4-6,8-9,17H,7,10-12H2,1-3H3. The lowest BCUT2D eigenvalue weighted by molar-refractivity contribution is 0.353. The van der Waals surface area contributed by atoms with E-state index < -0.39 is 0 Å². The molecule has 1 aromatic carbocycles. The fraction of sp³-hybridized carbons (Fsp3) is 0.500. The van der Waals surface area contributed by atoms with Crippen LogP contribution in [0.2, 0.25) is 0 Å². The van der Waals surface area contributed by atoms with E-state index in [-0.39, 0.29) is 5.41 Å². The largest absolute Gasteiger partial charge is 0.385 e. The van der Waals surface area contributed by atoms with E-state index in [9.17, 15) is 0 Å². The van der Waals surface area contributed by atoms with Crippen molar-refractivity contribution in [1.29, 1.82) is 0 Å². The zero-order valence-electron chi connectivity index (χ0n) is 12.5. The quantitative estimate of drug-likeness (QED) is 0.815. The number of para-hydroxylation sites is 1. The molecular formula is C16H23N3O. The van der Waals surface area contributed by atoms with Crippen molar-refractivity contribution in [3.63, 3.8) is 0 Å². The molecule has 0 fully saturated rings. The van der Waals surface area contributed by atoms with Crippen LogP contribution in [0.4, 0.5) is 5.69 Å². The first-order chi connectivity index (χ1) is 9.53. The molecule has 0 unspecified atom stereocenters. The summed E-state index contributed by atoms with van der Waals surface area (Å²) < 4.78 is 5.27. The molecular weight excluding hydrogens is 250 g/mol. The Morgan fingerprint density at radius 2 is 1.90 bits per heavy atom. The van der Waals surface area contributed by atoms with Gasteiger partial charge in [-0.25, -0.2) is 0 Å². The summed E-state index contributed by atoms with van der Waals surface area (Å²) in [5, 5.41) is 7.40. The molecule has 20 heavy (non-hydrogen) atoms. The highest BCUT2D eigenvalue weighted by Crippen LogP contribution is 2.18. The van der Waals surface area contributed by atoms with Gasteiger partial charge in [0.25, 0.3) is 0 Å². The van der Waals surface area contributed by atoms with Crippen LogP contribution < -0.4 is 5.32 Å². The molecule has 1 N–H and O–H groups in total. The van der Waals surface area contributed by atoms with Crippen LogP contribution in [0.25, 0.3) is 0 Å². The molecule has 0 spiro atoms. The molecule has 0 aliphatic carbocycles. The molecule has 2 aromatic rings. The van der Waals surface area contributed by atoms with Crippen LogP contribution in [0.3, 0.4) is 0 Å². The molecule has 0 amide bonds. The van der Waals surface area contributed by atoms with Crippen molar-refractivity contribution in [1.82, 2.24) is 10.1 Å². The van der Waals surface area contributed by atoms with Gasteiger partial charge in [0.1, 0.15) is 0 Å². The summed E-state index contributed by atoms with van der Waals surface area (Å²) in [6, 6.07) is 10.2. The minimum absolute atomic E-state index is 0.190. The van der Waals surface area contributed by atoms with Gasteiger partial charge in [-0.05, 0) is 24.0 Å². The van der Waals surface area contributed by atoms with Gasteiger partial charge < -0.3 is 9.84 Å². The van der Waals surface area contributed by atoms with Crippen molar-refractivity contribution >= 4 is 5.69 Å². The maximum absolute atomic E-state index is 5.27. The minimum Gasteiger partial charge on any atom is -0.385 e. The van der Waals surface area contributed by atoms with Crippen LogP contribution in [-0.2, 0) is 12.8 Å². The second-order valence-corrected chi connectivity index (χ2v) is 6.24. The molecule has 0 bridgehead atoms. The first-order valence-corrected chi connectivity index (χ1v) is 7.13. The van der Waals surface area contributed by atoms with E-state index in [0.717, 1.165) is 43.2 Å². The Bertz CT molecular complexity index is 514. The Kier molecular flexibility index (Phi) is 4.77. The summed E-state index contributed by atoms with van der Waals surface area (Å²) in [6.45, 7) is 7.42. The average Bonchev–Trinajstić information content (AvgIpc) is 2.81. The second kappa shape index (κ2) is 6.55. The van der Waals surface area contributed by atoms with Crippen molar-refractivity contribution in [2.24, 2.45) is 5.41 Å². The van der Waals surface area contributed by atoms with Crippen LogP contribution in [0, 0.1) is 5.41 Å². The van der Waals surface area contributed by atoms with E-state index in [1.54, 1.807) is 0 Å². The lowest BCUT2D eigenvalue weighted by Gasteiger charge is -2.14. The van der Waals surface area contributed by atoms with Crippen LogP contribution in [0.1, 0.15) is 38.9 Å². The van der Waals surface area contributed by atoms with E-state index in [4.69, 9.17) is 4.52 Å². The Morgan fingerprint density at radius 3 is 2.60 bits per heavy atom. The Morgan fingerprint density at radius 1 is 1.15 bits per heavy atom. The van der Waals surface area contributed by atoms with Crippen molar-refractivity contribution in [2.45, 2.75) is 40.0 Å². The number of anilines is 1. The summed E-state index contributed by atoms with van der Waals surface area (Å²) in [6.07, 6.45) is 2.64. The zero-order valence-corrected chi connectivity index (χ0v) is 12.5. The Balaban J connectivity index is 1.72. The van der Waals surface area contributed by atoms with Crippen LogP contribution in [0.15, 0.2) is 34.9 Å². The van der Waals surface area contributed by atoms with Gasteiger partial charge in [-0.2, -0.15) is 4.98 Å². The molecule has 4 heteroatoms. The number of benzene rings is 1. The monoisotopic (exact) mass is 273 g/mol. The molecule has 4 nitrogen and oxygen atoms in total. The Labute approximate surface area is 120 Å². The second-order valence-electron chi connectivity index (χ2n) is 6.24. The predicted molar refractivity (Wildman–Crippen MR) is 80.7 cm³/mol. The summed E-state index contributed by atoms with van der Waals surface area (Å²) in [7, 11) is 0. The smallest absolute Gasteiger partial charge is 0.226 e. The van der Waals surface area contributed by atoms with Gasteiger partial charge in [-0.15, -0.1) is 0 Å². The molecule has 0 aliphatic heterocycles. The van der Waals surface area contributed by atoms with Crippen LogP contribution >= 0.6 is 0 Å². The molecule has 1 heterocycles. The van der Waals surface area contributed by atoms with Gasteiger partial charge in [0.05, 0.1) is 0 Å². The molecule has 0 saturated carbocycles. The predicted octanol–water partition coefficient (Wildman–Crippen LogP) is 3.70. The highest BCUT2D eigenvalue weighted by atomic mass is 16.5. The molecule has 0 radical (unpaired) electrons. The molecule has 0 aliphatic rings. The number of hydrogen-bond acceptors (Lipinski definition) is 4. The molecule has 1 aromatic heterocycles. The normalized spacial score (nSPS) is 11.6. The summed E-state index contributed by atoms with van der Waals surface area (Å²) in [5.74, 6) is 1.54. The fourth-order valence-electron chi connectivity index (χ4n) is 1.97. The van der Waals surface area contributed by atoms with Gasteiger partial charge in [-0.3, -0.25) is 0 Å². The van der Waals surface area contributed by atoms with Crippen molar-refractivity contribution < 1.29 is 4.52 Å². The maximum Gasteiger partial charge on any atom is 0.226 e. The number of hydrogen-bond donors (Lipinski definition) is 1. The lowest BCUT2D eigenvalue weighted by Crippen LogP contribution is -2.10. The van der Waals surface area contributed by atoms with Gasteiger partial charge in [0, 0.05) is 25.1 Å². The zero-order chi connectivity index (χ0) is 14.4. The maximum atomic E-state index is 5.27. The van der Waals surface area contributed by atoms with E-state index in [2.05, 4.69) is 48.4 Å². The van der Waals surface area contributed by atoms with E-state index in [1.165, 1.54) is 0 Å². The van der Waals surface area contributed by atoms with Crippen LogP contribution in [0.5, 0.6) is 0 Å². The first kappa shape index (κ1) is 14.6. The van der Waals surface area contributed by atoms with Gasteiger partial charge in [0.15, 0.2) is 5.82 Å². The minimum atomic E-state index is 0.190. The summed E-state index contributed by atoms with van der Waals surface area (Å²) in [4.78, 5) is 4.43. The van der Waals surface area contributed by atoms with Crippen LogP contribution in [-0.4, -0.2) is 16.7 Å². The third-order valence-electron chi connectivity index (χ3n) is 2.87. The fourth-order valence-corrected chi connectivity index (χ4v) is 1.97. The van der Waals surface area contributed by atoms with Gasteiger partial charge in [-0.1, -0.05) is 44.1 Å². The molecule has 108 valence electrons. The van der Waals surface area contributed by atoms with Crippen molar-refractivity contribution in [3.05, 3.63) is 42.0 Å². The van der Waals surface area contributed by atoms with E-state index in [0.29, 0.717) is 0 Å². The lowest BCUT2D eigenvalue weighted by atomic mass is 9.92. The van der Waals surface area contributed by atoms with E-state index in [1.807, 2.05) is 18.2 Å². The number of rotatable bonds is 6. The SMILES string of the molecule is CC(C)(C)Cc1noc(CCCNc2ccccc2)n1. The van der Waals surface area contributed by atoms with Crippen molar-refractivity contribution in [3.8, 4) is 0 Å². The highest BCUT2D eigenvalue weighted by Gasteiger charge is 2.15. The van der Waals surface area contributed by atoms with Gasteiger partial charge >= 0.3 is 0 Å². The highest BCUT2D eigenvalue weighted by molar-refractivity contribution is 5.42. The molecule has 0 atom stereocenters. The average molecular weight is 273 g/mol. The number of nitrogens with one attached hydrogen (secondary N) is 1. The number of nitrogens with zero attached hydrogens (tertiary/aromatic N) is 2. The third-order valence-corrected chi connectivity index (χ3v) is 2.87. The van der Waals surface area contributed by atoms with E-state index >= 15 is 0 Å². The Hall–Kier alpha value is -1.84. The number of aryl methyl sites for hydroxylation is 1. The molecule has 0 saturated heterocycles. The van der Waals surface area contributed by atoms with Gasteiger partial charge in [0.2, 0.25) is 5.89 Å². The third kappa shape index (κ3) is 5.03. The molecule has 2 rings (SSSR count). The number of aromatic nitrogens is 2.